The molecule has 0 saturated heterocycles. The van der Waals surface area contributed by atoms with Gasteiger partial charge >= 0.3 is 5.97 Å². The van der Waals surface area contributed by atoms with E-state index in [0.717, 1.165) is 12.8 Å². The lowest BCUT2D eigenvalue weighted by Gasteiger charge is -2.12. The number of hydrogen-bond donors (Lipinski definition) is 3. The van der Waals surface area contributed by atoms with E-state index in [0.29, 0.717) is 28.1 Å². The first-order valence-corrected chi connectivity index (χ1v) is 9.49. The van der Waals surface area contributed by atoms with Crippen molar-refractivity contribution < 1.29 is 19.4 Å². The van der Waals surface area contributed by atoms with E-state index in [1.54, 1.807) is 30.3 Å². The number of carbonyl (C=O) groups excluding carboxylic acids is 1. The summed E-state index contributed by atoms with van der Waals surface area (Å²) in [6.45, 7) is 2.67. The van der Waals surface area contributed by atoms with Gasteiger partial charge in [0.1, 0.15) is 5.75 Å². The molecule has 3 N–H and O–H groups in total. The molecule has 0 aliphatic heterocycles. The van der Waals surface area contributed by atoms with Gasteiger partial charge in [-0.3, -0.25) is 10.1 Å². The maximum absolute atomic E-state index is 12.4. The van der Waals surface area contributed by atoms with Gasteiger partial charge in [0.2, 0.25) is 0 Å². The van der Waals surface area contributed by atoms with Gasteiger partial charge in [0.05, 0.1) is 17.9 Å². The molecule has 142 valence electrons. The van der Waals surface area contributed by atoms with Crippen LogP contribution in [-0.2, 0) is 0 Å². The van der Waals surface area contributed by atoms with Gasteiger partial charge in [0.15, 0.2) is 5.11 Å². The molecule has 1 amide bonds. The van der Waals surface area contributed by atoms with Crippen molar-refractivity contribution in [3.05, 3.63) is 58.1 Å². The number of benzene rings is 2. The second-order valence-corrected chi connectivity index (χ2v) is 6.90. The Morgan fingerprint density at radius 3 is 2.67 bits per heavy atom. The summed E-state index contributed by atoms with van der Waals surface area (Å²) in [5.41, 5.74) is 0.954. The van der Waals surface area contributed by atoms with Crippen LogP contribution in [0.15, 0.2) is 46.9 Å². The SMILES string of the molecule is CCCCOc1cccc(C(=O)NC(=S)Nc2cc(C(=O)O)ccc2Br)c1. The van der Waals surface area contributed by atoms with Gasteiger partial charge in [0, 0.05) is 10.0 Å². The van der Waals surface area contributed by atoms with E-state index in [4.69, 9.17) is 22.1 Å². The molecule has 0 aliphatic rings. The Kier molecular flexibility index (Phi) is 7.75. The van der Waals surface area contributed by atoms with Gasteiger partial charge in [-0.2, -0.15) is 0 Å². The minimum Gasteiger partial charge on any atom is -0.494 e. The standard InChI is InChI=1S/C19H19BrN2O4S/c1-2-3-9-26-14-6-4-5-12(10-14)17(23)22-19(27)21-16-11-13(18(24)25)7-8-15(16)20/h4-8,10-11H,2-3,9H2,1H3,(H,24,25)(H2,21,22,23,27). The number of unbranched alkanes of at least 4 members (excludes halogenated alkanes) is 1. The Hall–Kier alpha value is -2.45. The number of nitrogens with one attached hydrogen (secondary N) is 2. The molecule has 27 heavy (non-hydrogen) atoms. The van der Waals surface area contributed by atoms with Crippen LogP contribution in [0.3, 0.4) is 0 Å². The molecule has 0 spiro atoms. The van der Waals surface area contributed by atoms with Crippen molar-refractivity contribution in [2.75, 3.05) is 11.9 Å². The van der Waals surface area contributed by atoms with Gasteiger partial charge in [-0.15, -0.1) is 0 Å². The molecule has 0 aliphatic carbocycles. The van der Waals surface area contributed by atoms with E-state index in [2.05, 4.69) is 33.5 Å². The first-order chi connectivity index (χ1) is 12.9. The van der Waals surface area contributed by atoms with E-state index in [-0.39, 0.29) is 16.6 Å². The predicted octanol–water partition coefficient (Wildman–Crippen LogP) is 4.45. The predicted molar refractivity (Wildman–Crippen MR) is 112 cm³/mol. The van der Waals surface area contributed by atoms with Crippen LogP contribution < -0.4 is 15.4 Å². The smallest absolute Gasteiger partial charge is 0.335 e. The van der Waals surface area contributed by atoms with Gasteiger partial charge in [-0.1, -0.05) is 19.4 Å². The van der Waals surface area contributed by atoms with Crippen molar-refractivity contribution in [1.82, 2.24) is 5.32 Å². The van der Waals surface area contributed by atoms with Crippen molar-refractivity contribution in [2.24, 2.45) is 0 Å². The molecule has 2 aromatic carbocycles. The molecule has 0 atom stereocenters. The summed E-state index contributed by atoms with van der Waals surface area (Å²) in [4.78, 5) is 23.5. The fraction of sp³-hybridized carbons (Fsp3) is 0.211. The largest absolute Gasteiger partial charge is 0.494 e. The normalized spacial score (nSPS) is 10.1. The summed E-state index contributed by atoms with van der Waals surface area (Å²) < 4.78 is 6.22. The molecule has 0 fully saturated rings. The number of rotatable bonds is 7. The second-order valence-electron chi connectivity index (χ2n) is 5.64. The van der Waals surface area contributed by atoms with Gasteiger partial charge in [0.25, 0.3) is 5.91 Å². The summed E-state index contributed by atoms with van der Waals surface area (Å²) >= 11 is 8.47. The number of ether oxygens (including phenoxy) is 1. The monoisotopic (exact) mass is 450 g/mol. The Labute approximate surface area is 171 Å². The lowest BCUT2D eigenvalue weighted by molar-refractivity contribution is 0.0696. The molecule has 6 nitrogen and oxygen atoms in total. The highest BCUT2D eigenvalue weighted by Crippen LogP contribution is 2.23. The van der Waals surface area contributed by atoms with E-state index < -0.39 is 5.97 Å². The number of halogens is 1. The number of anilines is 1. The third-order valence-electron chi connectivity index (χ3n) is 3.55. The molecular formula is C19H19BrN2O4S. The van der Waals surface area contributed by atoms with Crippen LogP contribution >= 0.6 is 28.1 Å². The summed E-state index contributed by atoms with van der Waals surface area (Å²) in [7, 11) is 0. The van der Waals surface area contributed by atoms with E-state index in [1.165, 1.54) is 12.1 Å². The molecule has 0 saturated carbocycles. The summed E-state index contributed by atoms with van der Waals surface area (Å²) in [6, 6.07) is 11.3. The molecular weight excluding hydrogens is 432 g/mol. The Bertz CT molecular complexity index is 857. The molecule has 0 radical (unpaired) electrons. The van der Waals surface area contributed by atoms with Crippen LogP contribution in [0.4, 0.5) is 5.69 Å². The van der Waals surface area contributed by atoms with Gasteiger partial charge in [-0.05, 0) is 71.0 Å². The first-order valence-electron chi connectivity index (χ1n) is 8.28. The number of thiocarbonyl (C=S) groups is 1. The Morgan fingerprint density at radius 2 is 1.96 bits per heavy atom. The van der Waals surface area contributed by atoms with Gasteiger partial charge < -0.3 is 15.2 Å². The van der Waals surface area contributed by atoms with Crippen molar-refractivity contribution in [2.45, 2.75) is 19.8 Å². The summed E-state index contributed by atoms with van der Waals surface area (Å²) in [5, 5.41) is 14.5. The maximum Gasteiger partial charge on any atom is 0.335 e. The van der Waals surface area contributed by atoms with Crippen molar-refractivity contribution in [3.8, 4) is 5.75 Å². The Morgan fingerprint density at radius 1 is 1.19 bits per heavy atom. The van der Waals surface area contributed by atoms with E-state index in [1.807, 2.05) is 0 Å². The molecule has 8 heteroatoms. The number of hydrogen-bond acceptors (Lipinski definition) is 4. The zero-order chi connectivity index (χ0) is 19.8. The number of amides is 1. The second kappa shape index (κ2) is 10.0. The van der Waals surface area contributed by atoms with Crippen molar-refractivity contribution >= 4 is 50.8 Å². The lowest BCUT2D eigenvalue weighted by Crippen LogP contribution is -2.34. The number of aromatic carboxylic acids is 1. The van der Waals surface area contributed by atoms with Crippen LogP contribution in [-0.4, -0.2) is 28.7 Å². The first kappa shape index (κ1) is 20.9. The molecule has 0 unspecified atom stereocenters. The molecule has 2 aromatic rings. The third-order valence-corrected chi connectivity index (χ3v) is 4.45. The van der Waals surface area contributed by atoms with Crippen LogP contribution in [0.5, 0.6) is 5.75 Å². The average Bonchev–Trinajstić information content (AvgIpc) is 2.63. The minimum absolute atomic E-state index is 0.0561. The lowest BCUT2D eigenvalue weighted by atomic mass is 10.2. The quantitative estimate of drug-likeness (QED) is 0.426. The topological polar surface area (TPSA) is 87.7 Å². The molecule has 0 aromatic heterocycles. The van der Waals surface area contributed by atoms with Crippen molar-refractivity contribution in [3.63, 3.8) is 0 Å². The molecule has 0 bridgehead atoms. The van der Waals surface area contributed by atoms with Crippen LogP contribution in [0.1, 0.15) is 40.5 Å². The maximum atomic E-state index is 12.4. The van der Waals surface area contributed by atoms with E-state index >= 15 is 0 Å². The third kappa shape index (κ3) is 6.33. The Balaban J connectivity index is 2.02. The van der Waals surface area contributed by atoms with Crippen LogP contribution in [0.25, 0.3) is 0 Å². The number of carboxylic acids is 1. The van der Waals surface area contributed by atoms with Crippen LogP contribution in [0.2, 0.25) is 0 Å². The van der Waals surface area contributed by atoms with Crippen LogP contribution in [0, 0.1) is 0 Å². The highest BCUT2D eigenvalue weighted by atomic mass is 79.9. The zero-order valence-electron chi connectivity index (χ0n) is 14.6. The number of carboxylic acid groups (broad SMARTS) is 1. The highest BCUT2D eigenvalue weighted by Gasteiger charge is 2.12. The minimum atomic E-state index is -1.06. The summed E-state index contributed by atoms with van der Waals surface area (Å²) in [5.74, 6) is -0.828. The fourth-order valence-electron chi connectivity index (χ4n) is 2.14. The van der Waals surface area contributed by atoms with Crippen molar-refractivity contribution in [1.29, 1.82) is 0 Å². The average molecular weight is 451 g/mol. The molecule has 2 rings (SSSR count). The van der Waals surface area contributed by atoms with Gasteiger partial charge in [-0.25, -0.2) is 4.79 Å². The fourth-order valence-corrected chi connectivity index (χ4v) is 2.69. The number of carbonyl (C=O) groups is 2. The molecule has 0 heterocycles. The zero-order valence-corrected chi connectivity index (χ0v) is 17.0. The summed E-state index contributed by atoms with van der Waals surface area (Å²) in [6.07, 6.45) is 1.97. The van der Waals surface area contributed by atoms with E-state index in [9.17, 15) is 9.59 Å². The highest BCUT2D eigenvalue weighted by molar-refractivity contribution is 9.10.